The molecule has 4 atom stereocenters. The number of aryl methyl sites for hydroxylation is 1. The highest BCUT2D eigenvalue weighted by molar-refractivity contribution is 5.76. The molecule has 7 nitrogen and oxygen atoms in total. The molecule has 8 heteroatoms. The second kappa shape index (κ2) is 11.4. The van der Waals surface area contributed by atoms with Crippen molar-refractivity contribution in [2.45, 2.75) is 75.9 Å². The van der Waals surface area contributed by atoms with Crippen molar-refractivity contribution in [1.29, 1.82) is 0 Å². The van der Waals surface area contributed by atoms with Crippen LogP contribution in [-0.2, 0) is 9.53 Å². The third-order valence-electron chi connectivity index (χ3n) is 10.8. The number of hydrogen-bond donors (Lipinski definition) is 1. The van der Waals surface area contributed by atoms with E-state index in [9.17, 15) is 14.3 Å². The number of morpholine rings is 1. The molecule has 3 saturated heterocycles. The SMILES string of the molecule is Cc1nc2ccccc2n1C1CC2COCC(C1)N2C[C@H]1CN(CC2(C(=O)O)CCCCC2)C[C@@H]1c1cccc(F)c1. The smallest absolute Gasteiger partial charge is 0.310 e. The molecular weight excluding hydrogens is 531 g/mol. The van der Waals surface area contributed by atoms with Crippen molar-refractivity contribution in [3.63, 3.8) is 0 Å². The number of aromatic nitrogens is 2. The van der Waals surface area contributed by atoms with Crippen LogP contribution in [0.15, 0.2) is 48.5 Å². The van der Waals surface area contributed by atoms with Gasteiger partial charge >= 0.3 is 5.97 Å². The average molecular weight is 575 g/mol. The molecular formula is C34H43FN4O3. The molecule has 4 aliphatic rings. The molecule has 0 spiro atoms. The number of fused-ring (bicyclic) bond motifs is 3. The number of nitrogens with zero attached hydrogens (tertiary/aromatic N) is 4. The Hall–Kier alpha value is -2.81. The largest absolute Gasteiger partial charge is 0.481 e. The Morgan fingerprint density at radius 1 is 1.02 bits per heavy atom. The number of aliphatic carboxylic acids is 1. The maximum Gasteiger partial charge on any atom is 0.310 e. The van der Waals surface area contributed by atoms with E-state index in [1.807, 2.05) is 6.07 Å². The fourth-order valence-electron chi connectivity index (χ4n) is 8.85. The number of carboxylic acid groups (broad SMARTS) is 1. The monoisotopic (exact) mass is 574 g/mol. The summed E-state index contributed by atoms with van der Waals surface area (Å²) < 4.78 is 23.0. The lowest BCUT2D eigenvalue weighted by molar-refractivity contribution is -0.152. The summed E-state index contributed by atoms with van der Waals surface area (Å²) in [6.07, 6.45) is 6.64. The predicted octanol–water partition coefficient (Wildman–Crippen LogP) is 5.64. The zero-order valence-electron chi connectivity index (χ0n) is 24.6. The van der Waals surface area contributed by atoms with Gasteiger partial charge in [-0.2, -0.15) is 0 Å². The van der Waals surface area contributed by atoms with Gasteiger partial charge in [0.1, 0.15) is 11.6 Å². The summed E-state index contributed by atoms with van der Waals surface area (Å²) >= 11 is 0. The predicted molar refractivity (Wildman–Crippen MR) is 160 cm³/mol. The normalized spacial score (nSPS) is 30.1. The van der Waals surface area contributed by atoms with E-state index in [0.29, 0.717) is 30.6 Å². The number of likely N-dealkylation sites (tertiary alicyclic amines) is 1. The molecule has 4 fully saturated rings. The second-order valence-corrected chi connectivity index (χ2v) is 13.4. The van der Waals surface area contributed by atoms with Crippen molar-refractivity contribution in [3.8, 4) is 0 Å². The zero-order chi connectivity index (χ0) is 28.8. The van der Waals surface area contributed by atoms with E-state index < -0.39 is 11.4 Å². The Morgan fingerprint density at radius 2 is 1.79 bits per heavy atom. The number of hydrogen-bond acceptors (Lipinski definition) is 5. The number of carboxylic acids is 1. The summed E-state index contributed by atoms with van der Waals surface area (Å²) in [5.41, 5.74) is 2.64. The van der Waals surface area contributed by atoms with Gasteiger partial charge in [0.25, 0.3) is 0 Å². The highest BCUT2D eigenvalue weighted by atomic mass is 19.1. The van der Waals surface area contributed by atoms with E-state index in [0.717, 1.165) is 94.7 Å². The van der Waals surface area contributed by atoms with Crippen LogP contribution in [0.25, 0.3) is 11.0 Å². The van der Waals surface area contributed by atoms with Gasteiger partial charge in [-0.1, -0.05) is 43.5 Å². The number of imidazole rings is 1. The first-order chi connectivity index (χ1) is 20.4. The summed E-state index contributed by atoms with van der Waals surface area (Å²) in [7, 11) is 0. The van der Waals surface area contributed by atoms with Crippen LogP contribution in [0.4, 0.5) is 4.39 Å². The first kappa shape index (κ1) is 28.0. The van der Waals surface area contributed by atoms with Crippen LogP contribution in [0.5, 0.6) is 0 Å². The summed E-state index contributed by atoms with van der Waals surface area (Å²) in [5.74, 6) is 0.699. The van der Waals surface area contributed by atoms with Gasteiger partial charge in [0, 0.05) is 50.2 Å². The van der Waals surface area contributed by atoms with Crippen LogP contribution in [0, 0.1) is 24.1 Å². The lowest BCUT2D eigenvalue weighted by Gasteiger charge is -2.50. The molecule has 1 aliphatic carbocycles. The van der Waals surface area contributed by atoms with E-state index in [1.54, 1.807) is 6.07 Å². The van der Waals surface area contributed by atoms with Crippen molar-refractivity contribution in [2.75, 3.05) is 39.4 Å². The van der Waals surface area contributed by atoms with E-state index in [1.165, 1.54) is 11.6 Å². The van der Waals surface area contributed by atoms with Gasteiger partial charge in [-0.15, -0.1) is 0 Å². The van der Waals surface area contributed by atoms with Gasteiger partial charge in [-0.3, -0.25) is 9.69 Å². The Bertz CT molecular complexity index is 1420. The first-order valence-electron chi connectivity index (χ1n) is 15.9. The van der Waals surface area contributed by atoms with Crippen LogP contribution in [0.2, 0.25) is 0 Å². The quantitative estimate of drug-likeness (QED) is 0.394. The molecule has 3 aromatic rings. The lowest BCUT2D eigenvalue weighted by Crippen LogP contribution is -2.58. The number of rotatable bonds is 7. The summed E-state index contributed by atoms with van der Waals surface area (Å²) in [6.45, 7) is 6.71. The molecule has 7 rings (SSSR count). The van der Waals surface area contributed by atoms with E-state index in [-0.39, 0.29) is 11.7 Å². The molecule has 224 valence electrons. The fraction of sp³-hybridized carbons (Fsp3) is 0.588. The highest BCUT2D eigenvalue weighted by Gasteiger charge is 2.47. The summed E-state index contributed by atoms with van der Waals surface area (Å²) in [4.78, 5) is 22.4. The third kappa shape index (κ3) is 5.16. The van der Waals surface area contributed by atoms with Crippen LogP contribution in [-0.4, -0.2) is 81.9 Å². The Balaban J connectivity index is 1.13. The number of piperidine rings is 1. The Kier molecular flexibility index (Phi) is 7.57. The maximum atomic E-state index is 14.4. The van der Waals surface area contributed by atoms with Gasteiger partial charge in [-0.05, 0) is 68.4 Å². The summed E-state index contributed by atoms with van der Waals surface area (Å²) in [6, 6.07) is 16.5. The van der Waals surface area contributed by atoms with Crippen molar-refractivity contribution < 1.29 is 19.0 Å². The van der Waals surface area contributed by atoms with Crippen LogP contribution in [0.1, 0.15) is 68.3 Å². The zero-order valence-corrected chi connectivity index (χ0v) is 24.6. The van der Waals surface area contributed by atoms with Crippen molar-refractivity contribution >= 4 is 17.0 Å². The van der Waals surface area contributed by atoms with Gasteiger partial charge in [0.15, 0.2) is 0 Å². The maximum absolute atomic E-state index is 14.4. The standard InChI is InChI=1S/C34H43FN4O3/c1-23-36-31-10-3-4-11-32(31)39(23)27-15-28-20-42-21-29(16-27)38(28)18-25-17-37(19-30(25)24-8-7-9-26(35)14-24)22-34(33(40)41)12-5-2-6-13-34/h3-4,7-11,14,25,27-30H,2,5-6,12-13,15-22H2,1H3,(H,40,41)/t25-,27?,28?,29?,30-/m1/s1. The third-order valence-corrected chi connectivity index (χ3v) is 10.8. The minimum atomic E-state index is -0.659. The molecule has 42 heavy (non-hydrogen) atoms. The number of ether oxygens (including phenoxy) is 1. The van der Waals surface area contributed by atoms with E-state index in [4.69, 9.17) is 9.72 Å². The molecule has 2 unspecified atom stereocenters. The van der Waals surface area contributed by atoms with Crippen molar-refractivity contribution in [3.05, 3.63) is 65.7 Å². The molecule has 4 heterocycles. The van der Waals surface area contributed by atoms with Crippen molar-refractivity contribution in [2.24, 2.45) is 11.3 Å². The Labute approximate surface area is 247 Å². The Morgan fingerprint density at radius 3 is 2.52 bits per heavy atom. The van der Waals surface area contributed by atoms with Crippen molar-refractivity contribution in [1.82, 2.24) is 19.4 Å². The van der Waals surface area contributed by atoms with Gasteiger partial charge < -0.3 is 19.3 Å². The highest BCUT2D eigenvalue weighted by Crippen LogP contribution is 2.43. The number of benzene rings is 2. The lowest BCUT2D eigenvalue weighted by atomic mass is 9.73. The van der Waals surface area contributed by atoms with E-state index >= 15 is 0 Å². The van der Waals surface area contributed by atoms with E-state index in [2.05, 4.69) is 51.6 Å². The van der Waals surface area contributed by atoms with Crippen LogP contribution >= 0.6 is 0 Å². The van der Waals surface area contributed by atoms with Gasteiger partial charge in [-0.25, -0.2) is 9.37 Å². The minimum Gasteiger partial charge on any atom is -0.481 e. The molecule has 3 aliphatic heterocycles. The number of carbonyl (C=O) groups is 1. The molecule has 2 bridgehead atoms. The molecule has 1 aromatic heterocycles. The topological polar surface area (TPSA) is 70.8 Å². The average Bonchev–Trinajstić information content (AvgIpc) is 3.52. The fourth-order valence-corrected chi connectivity index (χ4v) is 8.85. The first-order valence-corrected chi connectivity index (χ1v) is 15.9. The second-order valence-electron chi connectivity index (χ2n) is 13.4. The molecule has 1 N–H and O–H groups in total. The molecule has 0 radical (unpaired) electrons. The van der Waals surface area contributed by atoms with Gasteiger partial charge in [0.2, 0.25) is 0 Å². The van der Waals surface area contributed by atoms with Gasteiger partial charge in [0.05, 0.1) is 29.7 Å². The minimum absolute atomic E-state index is 0.175. The summed E-state index contributed by atoms with van der Waals surface area (Å²) in [5, 5.41) is 10.3. The number of halogens is 1. The number of para-hydroxylation sites is 2. The molecule has 0 amide bonds. The molecule has 2 aromatic carbocycles. The van der Waals surface area contributed by atoms with Crippen LogP contribution in [0.3, 0.4) is 0 Å². The van der Waals surface area contributed by atoms with Crippen LogP contribution < -0.4 is 0 Å². The molecule has 1 saturated carbocycles.